The molecule has 2 unspecified atom stereocenters. The second-order valence-electron chi connectivity index (χ2n) is 30.7. The molecule has 0 fully saturated rings. The number of carbonyl (C=O) groups is 4. The number of ether oxygens (including phenoxy) is 4. The number of unbranched alkanes of at least 4 members (excludes halogenated alkanes) is 56. The Morgan fingerprint density at radius 3 is 0.660 bits per heavy atom. The zero-order valence-corrected chi connectivity index (χ0v) is 69.3. The number of carbonyl (C=O) groups excluding carboxylic acids is 4. The SMILES string of the molecule is CCCCCCCCCCCCCCCCCCCCCCCC(=O)O[C@H](COC(=O)CCCCCCCCCCCCCCCCCCCCCC)COP(=O)(O)OC[C@@H](O)COP(=O)(O)OC[C@@H](COC(=O)CCCCCCCCCCCC)OC(=O)CCCCCCCCCCCC(C)C. The van der Waals surface area contributed by atoms with Gasteiger partial charge in [0, 0.05) is 25.7 Å². The van der Waals surface area contributed by atoms with Crippen molar-refractivity contribution >= 4 is 39.5 Å². The molecule has 0 amide bonds. The van der Waals surface area contributed by atoms with Gasteiger partial charge in [0.15, 0.2) is 12.2 Å². The second kappa shape index (κ2) is 76.8. The topological polar surface area (TPSA) is 237 Å². The normalized spacial score (nSPS) is 13.8. The largest absolute Gasteiger partial charge is 0.472 e. The minimum atomic E-state index is -4.96. The first-order valence-electron chi connectivity index (χ1n) is 43.6. The summed E-state index contributed by atoms with van der Waals surface area (Å²) in [6.45, 7) is 7.31. The van der Waals surface area contributed by atoms with Crippen molar-refractivity contribution in [2.45, 2.75) is 470 Å². The van der Waals surface area contributed by atoms with Crippen molar-refractivity contribution in [3.63, 3.8) is 0 Å². The molecule has 3 N–H and O–H groups in total. The van der Waals surface area contributed by atoms with E-state index in [0.29, 0.717) is 25.7 Å². The summed E-state index contributed by atoms with van der Waals surface area (Å²) in [5, 5.41) is 10.7. The van der Waals surface area contributed by atoms with E-state index in [9.17, 15) is 43.2 Å². The van der Waals surface area contributed by atoms with Crippen molar-refractivity contribution < 1.29 is 80.2 Å². The first-order valence-corrected chi connectivity index (χ1v) is 46.6. The highest BCUT2D eigenvalue weighted by Crippen LogP contribution is 2.45. The Labute approximate surface area is 632 Å². The van der Waals surface area contributed by atoms with E-state index < -0.39 is 97.5 Å². The van der Waals surface area contributed by atoms with Crippen molar-refractivity contribution in [2.24, 2.45) is 5.92 Å². The van der Waals surface area contributed by atoms with E-state index in [1.807, 2.05) is 0 Å². The lowest BCUT2D eigenvalue weighted by Crippen LogP contribution is -2.30. The lowest BCUT2D eigenvalue weighted by atomic mass is 10.0. The third-order valence-corrected chi connectivity index (χ3v) is 21.7. The number of aliphatic hydroxyl groups is 1. The Morgan fingerprint density at radius 1 is 0.262 bits per heavy atom. The number of hydrogen-bond donors (Lipinski definition) is 3. The van der Waals surface area contributed by atoms with Gasteiger partial charge >= 0.3 is 39.5 Å². The van der Waals surface area contributed by atoms with Crippen LogP contribution in [-0.4, -0.2) is 96.7 Å². The van der Waals surface area contributed by atoms with Crippen LogP contribution in [-0.2, 0) is 65.4 Å². The van der Waals surface area contributed by atoms with Gasteiger partial charge in [-0.1, -0.05) is 401 Å². The van der Waals surface area contributed by atoms with Crippen LogP contribution >= 0.6 is 15.6 Å². The summed E-state index contributed by atoms with van der Waals surface area (Å²) in [5.41, 5.74) is 0. The van der Waals surface area contributed by atoms with Gasteiger partial charge in [-0.3, -0.25) is 37.3 Å². The summed E-state index contributed by atoms with van der Waals surface area (Å²) in [7, 11) is -9.92. The van der Waals surface area contributed by atoms with E-state index in [0.717, 1.165) is 95.8 Å². The van der Waals surface area contributed by atoms with Crippen molar-refractivity contribution in [3.8, 4) is 0 Å². The van der Waals surface area contributed by atoms with E-state index in [1.54, 1.807) is 0 Å². The summed E-state index contributed by atoms with van der Waals surface area (Å²) < 4.78 is 68.8. The van der Waals surface area contributed by atoms with Gasteiger partial charge in [-0.25, -0.2) is 9.13 Å². The Kier molecular flexibility index (Phi) is 75.4. The van der Waals surface area contributed by atoms with Crippen LogP contribution < -0.4 is 0 Å². The molecule has 17 nitrogen and oxygen atoms in total. The third-order valence-electron chi connectivity index (χ3n) is 19.8. The lowest BCUT2D eigenvalue weighted by molar-refractivity contribution is -0.161. The number of esters is 4. The molecular weight excluding hydrogens is 1340 g/mol. The standard InChI is InChI=1S/C84H164O17P2/c1-6-9-12-15-18-21-24-26-28-30-32-34-36-38-40-42-44-49-54-59-64-69-83(88)100-79(74-95-82(87)68-63-58-53-48-43-41-39-37-35-33-31-29-27-25-22-19-16-13-10-7-2)75-98-102(90,91)96-71-78(85)72-97-103(92,93)99-76-80(73-94-81(86)67-62-57-52-47-23-20-17-14-11-8-3)101-84(89)70-65-60-55-50-45-46-51-56-61-66-77(4)5/h77-80,85H,6-76H2,1-5H3,(H,90,91)(H,92,93)/t78-,79-,80-/m1/s1. The van der Waals surface area contributed by atoms with Crippen LogP contribution in [0.4, 0.5) is 0 Å². The number of phosphoric acid groups is 2. The minimum absolute atomic E-state index is 0.106. The molecule has 0 saturated carbocycles. The molecule has 0 aliphatic rings. The Morgan fingerprint density at radius 2 is 0.447 bits per heavy atom. The molecule has 0 saturated heterocycles. The van der Waals surface area contributed by atoms with Crippen LogP contribution in [0.3, 0.4) is 0 Å². The van der Waals surface area contributed by atoms with Gasteiger partial charge in [0.25, 0.3) is 0 Å². The molecule has 0 radical (unpaired) electrons. The molecule has 0 aliphatic carbocycles. The van der Waals surface area contributed by atoms with Crippen LogP contribution in [0.2, 0.25) is 0 Å². The van der Waals surface area contributed by atoms with Crippen LogP contribution in [0.5, 0.6) is 0 Å². The molecule has 612 valence electrons. The van der Waals surface area contributed by atoms with Crippen molar-refractivity contribution in [1.82, 2.24) is 0 Å². The van der Waals surface area contributed by atoms with Crippen LogP contribution in [0.15, 0.2) is 0 Å². The fourth-order valence-electron chi connectivity index (χ4n) is 13.1. The van der Waals surface area contributed by atoms with E-state index in [2.05, 4.69) is 34.6 Å². The fourth-order valence-corrected chi connectivity index (χ4v) is 14.7. The van der Waals surface area contributed by atoms with Gasteiger partial charge in [-0.2, -0.15) is 0 Å². The highest BCUT2D eigenvalue weighted by atomic mass is 31.2. The van der Waals surface area contributed by atoms with Crippen LogP contribution in [0.25, 0.3) is 0 Å². The maximum Gasteiger partial charge on any atom is 0.472 e. The molecule has 0 aromatic heterocycles. The minimum Gasteiger partial charge on any atom is -0.462 e. The van der Waals surface area contributed by atoms with Crippen molar-refractivity contribution in [2.75, 3.05) is 39.6 Å². The summed E-state index contributed by atoms with van der Waals surface area (Å²) in [6, 6.07) is 0. The monoisotopic (exact) mass is 1510 g/mol. The van der Waals surface area contributed by atoms with E-state index in [1.165, 1.54) is 276 Å². The van der Waals surface area contributed by atoms with E-state index in [-0.39, 0.29) is 25.7 Å². The van der Waals surface area contributed by atoms with Gasteiger partial charge < -0.3 is 33.8 Å². The summed E-state index contributed by atoms with van der Waals surface area (Å²) in [5.74, 6) is -1.37. The maximum atomic E-state index is 13.1. The van der Waals surface area contributed by atoms with Gasteiger partial charge in [0.1, 0.15) is 19.3 Å². The highest BCUT2D eigenvalue weighted by molar-refractivity contribution is 7.47. The van der Waals surface area contributed by atoms with Crippen molar-refractivity contribution in [3.05, 3.63) is 0 Å². The average Bonchev–Trinajstić information content (AvgIpc) is 0.942. The molecule has 0 aliphatic heterocycles. The molecule has 0 aromatic carbocycles. The van der Waals surface area contributed by atoms with Gasteiger partial charge in [0.2, 0.25) is 0 Å². The zero-order chi connectivity index (χ0) is 75.5. The summed E-state index contributed by atoms with van der Waals surface area (Å²) >= 11 is 0. The van der Waals surface area contributed by atoms with Gasteiger partial charge in [-0.15, -0.1) is 0 Å². The van der Waals surface area contributed by atoms with Crippen LogP contribution in [0.1, 0.15) is 452 Å². The highest BCUT2D eigenvalue weighted by Gasteiger charge is 2.30. The van der Waals surface area contributed by atoms with Crippen LogP contribution in [0, 0.1) is 5.92 Å². The molecule has 5 atom stereocenters. The molecule has 0 aromatic rings. The average molecular weight is 1510 g/mol. The molecule has 0 rings (SSSR count). The Bertz CT molecular complexity index is 1960. The molecule has 19 heteroatoms. The number of phosphoric ester groups is 2. The quantitative estimate of drug-likeness (QED) is 0.0222. The van der Waals surface area contributed by atoms with Crippen molar-refractivity contribution in [1.29, 1.82) is 0 Å². The summed E-state index contributed by atoms with van der Waals surface area (Å²) in [4.78, 5) is 73.1. The molecular formula is C84H164O17P2. The maximum absolute atomic E-state index is 13.1. The first-order chi connectivity index (χ1) is 50.0. The second-order valence-corrected chi connectivity index (χ2v) is 33.6. The number of rotatable bonds is 84. The van der Waals surface area contributed by atoms with E-state index >= 15 is 0 Å². The number of hydrogen-bond acceptors (Lipinski definition) is 15. The lowest BCUT2D eigenvalue weighted by Gasteiger charge is -2.21. The smallest absolute Gasteiger partial charge is 0.462 e. The summed E-state index contributed by atoms with van der Waals surface area (Å²) in [6.07, 6.45) is 69.6. The fraction of sp³-hybridized carbons (Fsp3) is 0.952. The Hall–Kier alpha value is -1.94. The predicted molar refractivity (Wildman–Crippen MR) is 423 cm³/mol. The Balaban J connectivity index is 5.20. The van der Waals surface area contributed by atoms with Gasteiger partial charge in [-0.05, 0) is 31.6 Å². The molecule has 0 heterocycles. The first kappa shape index (κ1) is 101. The molecule has 103 heavy (non-hydrogen) atoms. The number of aliphatic hydroxyl groups excluding tert-OH is 1. The molecule has 0 bridgehead atoms. The van der Waals surface area contributed by atoms with Gasteiger partial charge in [0.05, 0.1) is 26.4 Å². The third kappa shape index (κ3) is 78.0. The molecule has 0 spiro atoms. The zero-order valence-electron chi connectivity index (χ0n) is 67.5. The predicted octanol–water partition coefficient (Wildman–Crippen LogP) is 25.6. The van der Waals surface area contributed by atoms with E-state index in [4.69, 9.17) is 37.0 Å².